The number of hydrogen-bond acceptors (Lipinski definition) is 3. The Morgan fingerprint density at radius 2 is 1.86 bits per heavy atom. The van der Waals surface area contributed by atoms with Crippen molar-refractivity contribution in [1.82, 2.24) is 0 Å². The summed E-state index contributed by atoms with van der Waals surface area (Å²) in [5.41, 5.74) is 0.987. The second-order valence-electron chi connectivity index (χ2n) is 4.63. The number of carbonyl (C=O) groups is 2. The number of Topliss-reactive ketones (excluding diaryl/α,β-unsaturated/α-hetero) is 1. The summed E-state index contributed by atoms with van der Waals surface area (Å²) in [5, 5.41) is 5.65. The molecule has 114 valence electrons. The summed E-state index contributed by atoms with van der Waals surface area (Å²) in [4.78, 5) is 23.4. The Balaban J connectivity index is 2.02. The van der Waals surface area contributed by atoms with Crippen molar-refractivity contribution in [3.63, 3.8) is 0 Å². The summed E-state index contributed by atoms with van der Waals surface area (Å²) in [5.74, 6) is -1.04. The molecule has 2 aromatic rings. The van der Waals surface area contributed by atoms with Crippen molar-refractivity contribution in [2.75, 3.05) is 17.2 Å². The van der Waals surface area contributed by atoms with Crippen molar-refractivity contribution >= 4 is 34.7 Å². The number of benzene rings is 2. The topological polar surface area (TPSA) is 58.2 Å². The van der Waals surface area contributed by atoms with E-state index in [0.717, 1.165) is 0 Å². The molecule has 0 aliphatic heterocycles. The number of anilines is 2. The van der Waals surface area contributed by atoms with Gasteiger partial charge in [-0.1, -0.05) is 23.7 Å². The van der Waals surface area contributed by atoms with Crippen molar-refractivity contribution in [3.05, 3.63) is 58.9 Å². The van der Waals surface area contributed by atoms with E-state index in [2.05, 4.69) is 10.6 Å². The average molecular weight is 321 g/mol. The van der Waals surface area contributed by atoms with E-state index in [1.807, 2.05) is 0 Å². The Hall–Kier alpha value is -2.40. The van der Waals surface area contributed by atoms with Gasteiger partial charge in [0.2, 0.25) is 5.91 Å². The minimum absolute atomic E-state index is 0.141. The van der Waals surface area contributed by atoms with Crippen LogP contribution in [-0.4, -0.2) is 18.2 Å². The van der Waals surface area contributed by atoms with Gasteiger partial charge in [0.1, 0.15) is 5.82 Å². The number of carbonyl (C=O) groups excluding carboxylic acids is 2. The summed E-state index contributed by atoms with van der Waals surface area (Å²) in [6, 6.07) is 10.7. The van der Waals surface area contributed by atoms with Crippen LogP contribution in [0.3, 0.4) is 0 Å². The van der Waals surface area contributed by atoms with Crippen LogP contribution in [0.1, 0.15) is 17.3 Å². The molecule has 4 nitrogen and oxygen atoms in total. The number of nitrogens with one attached hydrogen (secondary N) is 2. The third-order valence-corrected chi connectivity index (χ3v) is 3.18. The highest BCUT2D eigenvalue weighted by molar-refractivity contribution is 6.30. The highest BCUT2D eigenvalue weighted by Gasteiger charge is 2.10. The minimum atomic E-state index is -0.499. The molecule has 0 radical (unpaired) electrons. The first kappa shape index (κ1) is 16.0. The molecule has 2 N–H and O–H groups in total. The molecule has 0 saturated carbocycles. The van der Waals surface area contributed by atoms with E-state index in [1.165, 1.54) is 25.1 Å². The predicted molar refractivity (Wildman–Crippen MR) is 85.0 cm³/mol. The quantitative estimate of drug-likeness (QED) is 0.825. The maximum Gasteiger partial charge on any atom is 0.243 e. The molecule has 0 fully saturated rings. The molecule has 0 atom stereocenters. The van der Waals surface area contributed by atoms with Gasteiger partial charge in [-0.15, -0.1) is 0 Å². The van der Waals surface area contributed by atoms with Gasteiger partial charge in [-0.05, 0) is 37.3 Å². The molecular weight excluding hydrogens is 307 g/mol. The zero-order valence-electron chi connectivity index (χ0n) is 11.8. The van der Waals surface area contributed by atoms with Gasteiger partial charge >= 0.3 is 0 Å². The Labute approximate surface area is 132 Å². The number of hydrogen-bond donors (Lipinski definition) is 2. The molecule has 6 heteroatoms. The van der Waals surface area contributed by atoms with Crippen LogP contribution in [0.4, 0.5) is 15.8 Å². The lowest BCUT2D eigenvalue weighted by Crippen LogP contribution is -2.23. The van der Waals surface area contributed by atoms with Crippen LogP contribution >= 0.6 is 11.6 Å². The molecule has 0 aliphatic carbocycles. The van der Waals surface area contributed by atoms with Crippen molar-refractivity contribution in [3.8, 4) is 0 Å². The monoisotopic (exact) mass is 320 g/mol. The van der Waals surface area contributed by atoms with Crippen molar-refractivity contribution in [2.24, 2.45) is 0 Å². The molecule has 0 heterocycles. The number of halogens is 2. The van der Waals surface area contributed by atoms with E-state index < -0.39 is 11.7 Å². The van der Waals surface area contributed by atoms with Crippen LogP contribution in [0.25, 0.3) is 0 Å². The number of ketones is 1. The van der Waals surface area contributed by atoms with Crippen LogP contribution < -0.4 is 10.6 Å². The van der Waals surface area contributed by atoms with Gasteiger partial charge < -0.3 is 10.6 Å². The van der Waals surface area contributed by atoms with Crippen molar-refractivity contribution in [1.29, 1.82) is 0 Å². The molecule has 0 aromatic heterocycles. The molecule has 1 amide bonds. The third-order valence-electron chi connectivity index (χ3n) is 2.95. The fourth-order valence-corrected chi connectivity index (χ4v) is 2.07. The predicted octanol–water partition coefficient (Wildman–Crippen LogP) is 3.73. The summed E-state index contributed by atoms with van der Waals surface area (Å²) in [6.45, 7) is 1.27. The van der Waals surface area contributed by atoms with Gasteiger partial charge in [0.25, 0.3) is 0 Å². The molecule has 22 heavy (non-hydrogen) atoms. The summed E-state index contributed by atoms with van der Waals surface area (Å²) < 4.78 is 13.5. The number of amides is 1. The first-order chi connectivity index (χ1) is 10.5. The van der Waals surface area contributed by atoms with E-state index in [0.29, 0.717) is 16.3 Å². The first-order valence-corrected chi connectivity index (χ1v) is 6.94. The van der Waals surface area contributed by atoms with Gasteiger partial charge in [-0.2, -0.15) is 0 Å². The normalized spacial score (nSPS) is 10.1. The lowest BCUT2D eigenvalue weighted by molar-refractivity contribution is -0.114. The van der Waals surface area contributed by atoms with Gasteiger partial charge in [0.15, 0.2) is 5.78 Å². The molecule has 2 rings (SSSR count). The van der Waals surface area contributed by atoms with Crippen LogP contribution in [-0.2, 0) is 4.79 Å². The van der Waals surface area contributed by atoms with E-state index in [4.69, 9.17) is 11.6 Å². The zero-order valence-corrected chi connectivity index (χ0v) is 12.6. The highest BCUT2D eigenvalue weighted by atomic mass is 35.5. The number of rotatable bonds is 5. The molecular formula is C16H14ClFN2O2. The fraction of sp³-hybridized carbons (Fsp3) is 0.125. The van der Waals surface area contributed by atoms with Crippen LogP contribution in [0.2, 0.25) is 5.02 Å². The number of para-hydroxylation sites is 1. The van der Waals surface area contributed by atoms with Gasteiger partial charge in [0.05, 0.1) is 17.9 Å². The summed E-state index contributed by atoms with van der Waals surface area (Å²) >= 11 is 5.77. The second-order valence-corrected chi connectivity index (χ2v) is 5.06. The molecule has 0 aliphatic rings. The maximum absolute atomic E-state index is 13.5. The molecule has 2 aromatic carbocycles. The summed E-state index contributed by atoms with van der Waals surface area (Å²) in [7, 11) is 0. The third kappa shape index (κ3) is 4.05. The summed E-state index contributed by atoms with van der Waals surface area (Å²) in [6.07, 6.45) is 0. The Morgan fingerprint density at radius 3 is 2.59 bits per heavy atom. The van der Waals surface area contributed by atoms with Crippen LogP contribution in [0.15, 0.2) is 42.5 Å². The van der Waals surface area contributed by atoms with Crippen LogP contribution in [0.5, 0.6) is 0 Å². The molecule has 0 bridgehead atoms. The maximum atomic E-state index is 13.5. The highest BCUT2D eigenvalue weighted by Crippen LogP contribution is 2.19. The van der Waals surface area contributed by atoms with Crippen LogP contribution in [0, 0.1) is 5.82 Å². The van der Waals surface area contributed by atoms with E-state index >= 15 is 0 Å². The molecule has 0 unspecified atom stereocenters. The first-order valence-electron chi connectivity index (χ1n) is 6.56. The van der Waals surface area contributed by atoms with E-state index in [1.54, 1.807) is 24.3 Å². The minimum Gasteiger partial charge on any atom is -0.374 e. The lowest BCUT2D eigenvalue weighted by atomic mass is 10.1. The molecule has 0 saturated heterocycles. The lowest BCUT2D eigenvalue weighted by Gasteiger charge is -2.11. The SMILES string of the molecule is CC(=O)c1ccccc1NC(=O)CNc1cc(Cl)ccc1F. The van der Waals surface area contributed by atoms with Crippen molar-refractivity contribution < 1.29 is 14.0 Å². The molecule has 0 spiro atoms. The Bertz CT molecular complexity index is 719. The van der Waals surface area contributed by atoms with Crippen molar-refractivity contribution in [2.45, 2.75) is 6.92 Å². The fourth-order valence-electron chi connectivity index (χ4n) is 1.90. The largest absolute Gasteiger partial charge is 0.374 e. The van der Waals surface area contributed by atoms with E-state index in [-0.39, 0.29) is 18.0 Å². The van der Waals surface area contributed by atoms with E-state index in [9.17, 15) is 14.0 Å². The van der Waals surface area contributed by atoms with Gasteiger partial charge in [-0.3, -0.25) is 9.59 Å². The smallest absolute Gasteiger partial charge is 0.243 e. The van der Waals surface area contributed by atoms with Gasteiger partial charge in [-0.25, -0.2) is 4.39 Å². The second kappa shape index (κ2) is 7.04. The van der Waals surface area contributed by atoms with Gasteiger partial charge in [0, 0.05) is 10.6 Å². The standard InChI is InChI=1S/C16H14ClFN2O2/c1-10(21)12-4-2-3-5-14(12)20-16(22)9-19-15-8-11(17)6-7-13(15)18/h2-8,19H,9H2,1H3,(H,20,22). The Morgan fingerprint density at radius 1 is 1.14 bits per heavy atom. The average Bonchev–Trinajstić information content (AvgIpc) is 2.48. The zero-order chi connectivity index (χ0) is 16.1. The Kier molecular flexibility index (Phi) is 5.12.